The second-order valence-electron chi connectivity index (χ2n) is 6.53. The normalized spacial score (nSPS) is 16.4. The van der Waals surface area contributed by atoms with Gasteiger partial charge in [-0.15, -0.1) is 10.2 Å². The molecular weight excluding hydrogens is 396 g/mol. The Morgan fingerprint density at radius 2 is 1.89 bits per heavy atom. The van der Waals surface area contributed by atoms with Crippen LogP contribution in [0.3, 0.4) is 0 Å². The first-order valence-electron chi connectivity index (χ1n) is 8.81. The number of para-hydroxylation sites is 1. The average molecular weight is 413 g/mol. The highest BCUT2D eigenvalue weighted by Crippen LogP contribution is 2.26. The molecule has 2 amide bonds. The van der Waals surface area contributed by atoms with Crippen LogP contribution in [0.25, 0.3) is 0 Å². The van der Waals surface area contributed by atoms with Crippen molar-refractivity contribution in [3.8, 4) is 0 Å². The molecule has 1 fully saturated rings. The molecule has 1 aliphatic heterocycles. The van der Waals surface area contributed by atoms with E-state index in [1.807, 2.05) is 54.6 Å². The van der Waals surface area contributed by atoms with Gasteiger partial charge in [0.2, 0.25) is 16.9 Å². The van der Waals surface area contributed by atoms with Crippen LogP contribution in [0.1, 0.15) is 17.0 Å². The molecule has 1 saturated heterocycles. The fraction of sp³-hybridized carbons (Fsp3) is 0.200. The molecule has 1 N–H and O–H groups in total. The Balaban J connectivity index is 1.37. The van der Waals surface area contributed by atoms with E-state index in [-0.39, 0.29) is 18.2 Å². The van der Waals surface area contributed by atoms with Crippen LogP contribution in [0, 0.1) is 5.92 Å². The number of rotatable bonds is 5. The van der Waals surface area contributed by atoms with Crippen molar-refractivity contribution in [1.29, 1.82) is 0 Å². The zero-order valence-corrected chi connectivity index (χ0v) is 16.4. The summed E-state index contributed by atoms with van der Waals surface area (Å²) in [6, 6.07) is 16.9. The minimum absolute atomic E-state index is 0.0490. The molecule has 1 aliphatic rings. The third-order valence-electron chi connectivity index (χ3n) is 4.53. The van der Waals surface area contributed by atoms with Gasteiger partial charge in [0.05, 0.1) is 5.92 Å². The molecule has 0 radical (unpaired) electrons. The Labute approximate surface area is 171 Å². The Morgan fingerprint density at radius 1 is 1.14 bits per heavy atom. The summed E-state index contributed by atoms with van der Waals surface area (Å²) < 4.78 is 0. The number of amides is 2. The average Bonchev–Trinajstić information content (AvgIpc) is 3.31. The molecule has 1 aromatic heterocycles. The summed E-state index contributed by atoms with van der Waals surface area (Å²) in [5.41, 5.74) is 1.88. The lowest BCUT2D eigenvalue weighted by molar-refractivity contribution is -0.122. The summed E-state index contributed by atoms with van der Waals surface area (Å²) in [5, 5.41) is 12.9. The lowest BCUT2D eigenvalue weighted by Crippen LogP contribution is -2.28. The fourth-order valence-corrected chi connectivity index (χ4v) is 4.00. The smallest absolute Gasteiger partial charge is 0.231 e. The monoisotopic (exact) mass is 412 g/mol. The van der Waals surface area contributed by atoms with Crippen LogP contribution >= 0.6 is 22.9 Å². The molecule has 4 rings (SSSR count). The van der Waals surface area contributed by atoms with Crippen LogP contribution in [0.4, 0.5) is 10.8 Å². The SMILES string of the molecule is O=C(Nc1nnc(Cc2ccc(Cl)cc2)s1)[C@H]1CC(=O)N(c2ccccc2)C1. The molecule has 2 heterocycles. The Bertz CT molecular complexity index is 991. The summed E-state index contributed by atoms with van der Waals surface area (Å²) >= 11 is 7.23. The van der Waals surface area contributed by atoms with Crippen molar-refractivity contribution >= 4 is 45.6 Å². The van der Waals surface area contributed by atoms with E-state index in [9.17, 15) is 9.59 Å². The molecule has 2 aromatic carbocycles. The van der Waals surface area contributed by atoms with E-state index >= 15 is 0 Å². The highest BCUT2D eigenvalue weighted by atomic mass is 35.5. The van der Waals surface area contributed by atoms with Crippen LogP contribution in [0.2, 0.25) is 5.02 Å². The summed E-state index contributed by atoms with van der Waals surface area (Å²) in [6.45, 7) is 0.366. The molecule has 28 heavy (non-hydrogen) atoms. The molecule has 142 valence electrons. The van der Waals surface area contributed by atoms with Crippen molar-refractivity contribution in [2.45, 2.75) is 12.8 Å². The molecule has 0 spiro atoms. The summed E-state index contributed by atoms with van der Waals surface area (Å²) in [6.07, 6.45) is 0.811. The predicted molar refractivity (Wildman–Crippen MR) is 110 cm³/mol. The molecule has 1 atom stereocenters. The number of hydrogen-bond donors (Lipinski definition) is 1. The van der Waals surface area contributed by atoms with Crippen molar-refractivity contribution in [2.75, 3.05) is 16.8 Å². The van der Waals surface area contributed by atoms with Gasteiger partial charge in [-0.25, -0.2) is 0 Å². The maximum Gasteiger partial charge on any atom is 0.231 e. The minimum Gasteiger partial charge on any atom is -0.312 e. The van der Waals surface area contributed by atoms with Crippen LogP contribution in [-0.2, 0) is 16.0 Å². The number of anilines is 2. The predicted octanol–water partition coefficient (Wildman–Crippen LogP) is 3.77. The standard InChI is InChI=1S/C20H17ClN4O2S/c21-15-8-6-13(7-9-15)10-17-23-24-20(28-17)22-19(27)14-11-18(26)25(12-14)16-4-2-1-3-5-16/h1-9,14H,10-12H2,(H,22,24,27)/t14-/m0/s1. The maximum absolute atomic E-state index is 12.6. The van der Waals surface area contributed by atoms with E-state index in [1.165, 1.54) is 11.3 Å². The maximum atomic E-state index is 12.6. The third-order valence-corrected chi connectivity index (χ3v) is 5.62. The number of carbonyl (C=O) groups excluding carboxylic acids is 2. The van der Waals surface area contributed by atoms with E-state index in [0.717, 1.165) is 16.3 Å². The summed E-state index contributed by atoms with van der Waals surface area (Å²) in [4.78, 5) is 26.5. The van der Waals surface area contributed by atoms with Crippen LogP contribution in [0.5, 0.6) is 0 Å². The molecule has 8 heteroatoms. The molecule has 0 aliphatic carbocycles. The van der Waals surface area contributed by atoms with Crippen LogP contribution < -0.4 is 10.2 Å². The van der Waals surface area contributed by atoms with E-state index in [4.69, 9.17) is 11.6 Å². The van der Waals surface area contributed by atoms with Gasteiger partial charge in [0.25, 0.3) is 0 Å². The first kappa shape index (κ1) is 18.6. The Hall–Kier alpha value is -2.77. The topological polar surface area (TPSA) is 75.2 Å². The minimum atomic E-state index is -0.406. The number of nitrogens with one attached hydrogen (secondary N) is 1. The van der Waals surface area contributed by atoms with Gasteiger partial charge in [-0.1, -0.05) is 53.3 Å². The van der Waals surface area contributed by atoms with Gasteiger partial charge in [-0.05, 0) is 29.8 Å². The van der Waals surface area contributed by atoms with Crippen LogP contribution in [0.15, 0.2) is 54.6 Å². The quantitative estimate of drug-likeness (QED) is 0.692. The molecule has 0 saturated carbocycles. The van der Waals surface area contributed by atoms with Crippen molar-refractivity contribution in [1.82, 2.24) is 10.2 Å². The van der Waals surface area contributed by atoms with Gasteiger partial charge in [0.15, 0.2) is 0 Å². The van der Waals surface area contributed by atoms with Crippen molar-refractivity contribution in [3.05, 3.63) is 70.2 Å². The molecular formula is C20H17ClN4O2S. The molecule has 0 unspecified atom stereocenters. The lowest BCUT2D eigenvalue weighted by Gasteiger charge is -2.16. The third kappa shape index (κ3) is 4.21. The Kier molecular flexibility index (Phi) is 5.36. The van der Waals surface area contributed by atoms with E-state index in [2.05, 4.69) is 15.5 Å². The number of hydrogen-bond acceptors (Lipinski definition) is 5. The zero-order chi connectivity index (χ0) is 19.5. The number of aromatic nitrogens is 2. The van der Waals surface area contributed by atoms with Gasteiger partial charge in [-0.3, -0.25) is 9.59 Å². The van der Waals surface area contributed by atoms with E-state index in [0.29, 0.717) is 23.1 Å². The van der Waals surface area contributed by atoms with Crippen LogP contribution in [-0.4, -0.2) is 28.6 Å². The van der Waals surface area contributed by atoms with Gasteiger partial charge in [0.1, 0.15) is 5.01 Å². The van der Waals surface area contributed by atoms with Crippen molar-refractivity contribution in [2.24, 2.45) is 5.92 Å². The molecule has 0 bridgehead atoms. The van der Waals surface area contributed by atoms with Crippen molar-refractivity contribution < 1.29 is 9.59 Å². The highest BCUT2D eigenvalue weighted by Gasteiger charge is 2.35. The first-order chi connectivity index (χ1) is 13.6. The lowest BCUT2D eigenvalue weighted by atomic mass is 10.1. The van der Waals surface area contributed by atoms with Gasteiger partial charge in [-0.2, -0.15) is 0 Å². The van der Waals surface area contributed by atoms with E-state index in [1.54, 1.807) is 4.90 Å². The zero-order valence-electron chi connectivity index (χ0n) is 14.8. The van der Waals surface area contributed by atoms with Gasteiger partial charge >= 0.3 is 0 Å². The largest absolute Gasteiger partial charge is 0.312 e. The number of halogens is 1. The van der Waals surface area contributed by atoms with Crippen molar-refractivity contribution in [3.63, 3.8) is 0 Å². The second kappa shape index (κ2) is 8.08. The molecule has 3 aromatic rings. The van der Waals surface area contributed by atoms with Gasteiger partial charge in [0, 0.05) is 30.1 Å². The number of carbonyl (C=O) groups is 2. The number of benzene rings is 2. The van der Waals surface area contributed by atoms with Gasteiger partial charge < -0.3 is 10.2 Å². The summed E-state index contributed by atoms with van der Waals surface area (Å²) in [5.74, 6) is -0.663. The number of nitrogens with zero attached hydrogens (tertiary/aromatic N) is 3. The second-order valence-corrected chi connectivity index (χ2v) is 8.03. The summed E-state index contributed by atoms with van der Waals surface area (Å²) in [7, 11) is 0. The fourth-order valence-electron chi connectivity index (χ4n) is 3.10. The van der Waals surface area contributed by atoms with E-state index < -0.39 is 5.92 Å². The first-order valence-corrected chi connectivity index (χ1v) is 10.0. The Morgan fingerprint density at radius 3 is 2.64 bits per heavy atom. The highest BCUT2D eigenvalue weighted by molar-refractivity contribution is 7.15. The molecule has 6 nitrogen and oxygen atoms in total.